The molecule has 0 aliphatic carbocycles. The number of nitrogens with zero attached hydrogens (tertiary/aromatic N) is 2. The van der Waals surface area contributed by atoms with Crippen LogP contribution >= 0.6 is 23.2 Å². The van der Waals surface area contributed by atoms with Crippen molar-refractivity contribution in [3.05, 3.63) is 46.3 Å². The second kappa shape index (κ2) is 5.34. The third kappa shape index (κ3) is 3.08. The number of nitrogens with one attached hydrogen (secondary N) is 1. The summed E-state index contributed by atoms with van der Waals surface area (Å²) in [5.41, 5.74) is 0.797. The number of para-hydroxylation sites is 1. The third-order valence-electron chi connectivity index (χ3n) is 2.19. The average molecular weight is 268 g/mol. The maximum atomic E-state index is 6.05. The largest absolute Gasteiger partial charge is 0.339 e. The van der Waals surface area contributed by atoms with Crippen LogP contribution in [0.3, 0.4) is 0 Å². The molecule has 17 heavy (non-hydrogen) atoms. The van der Waals surface area contributed by atoms with Gasteiger partial charge >= 0.3 is 0 Å². The monoisotopic (exact) mass is 267 g/mol. The predicted molar refractivity (Wildman–Crippen MR) is 71.2 cm³/mol. The van der Waals surface area contributed by atoms with E-state index in [2.05, 4.69) is 15.3 Å². The van der Waals surface area contributed by atoms with Gasteiger partial charge in [0, 0.05) is 12.5 Å². The summed E-state index contributed by atoms with van der Waals surface area (Å²) in [6.07, 6.45) is 0.734. The molecule has 0 amide bonds. The van der Waals surface area contributed by atoms with Gasteiger partial charge < -0.3 is 5.32 Å². The summed E-state index contributed by atoms with van der Waals surface area (Å²) in [7, 11) is 0. The van der Waals surface area contributed by atoms with Crippen molar-refractivity contribution in [3.63, 3.8) is 0 Å². The molecular weight excluding hydrogens is 257 g/mol. The summed E-state index contributed by atoms with van der Waals surface area (Å²) >= 11 is 12.0. The lowest BCUT2D eigenvalue weighted by molar-refractivity contribution is 0.943. The van der Waals surface area contributed by atoms with E-state index in [0.29, 0.717) is 21.8 Å². The Morgan fingerprint density at radius 1 is 1.18 bits per heavy atom. The van der Waals surface area contributed by atoms with Gasteiger partial charge in [-0.1, -0.05) is 42.3 Å². The first kappa shape index (κ1) is 12.1. The van der Waals surface area contributed by atoms with Crippen molar-refractivity contribution >= 4 is 34.7 Å². The molecule has 0 fully saturated rings. The van der Waals surface area contributed by atoms with Crippen molar-refractivity contribution in [3.8, 4) is 0 Å². The lowest BCUT2D eigenvalue weighted by Gasteiger charge is -2.08. The van der Waals surface area contributed by atoms with E-state index in [1.807, 2.05) is 31.2 Å². The topological polar surface area (TPSA) is 37.8 Å². The minimum Gasteiger partial charge on any atom is -0.339 e. The highest BCUT2D eigenvalue weighted by Gasteiger charge is 2.04. The van der Waals surface area contributed by atoms with Gasteiger partial charge in [0.2, 0.25) is 0 Å². The fourth-order valence-corrected chi connectivity index (χ4v) is 1.77. The fraction of sp³-hybridized carbons (Fsp3) is 0.167. The molecule has 0 saturated carbocycles. The maximum absolute atomic E-state index is 6.05. The van der Waals surface area contributed by atoms with E-state index < -0.39 is 0 Å². The molecule has 0 saturated heterocycles. The zero-order valence-electron chi connectivity index (χ0n) is 9.24. The number of aromatic nitrogens is 2. The lowest BCUT2D eigenvalue weighted by Crippen LogP contribution is -1.99. The molecular formula is C12H11Cl2N3. The molecule has 1 N–H and O–H groups in total. The van der Waals surface area contributed by atoms with Crippen molar-refractivity contribution < 1.29 is 0 Å². The van der Waals surface area contributed by atoms with E-state index in [1.165, 1.54) is 0 Å². The summed E-state index contributed by atoms with van der Waals surface area (Å²) in [5.74, 6) is 1.35. The Morgan fingerprint density at radius 3 is 2.65 bits per heavy atom. The van der Waals surface area contributed by atoms with Crippen LogP contribution in [0.5, 0.6) is 0 Å². The summed E-state index contributed by atoms with van der Waals surface area (Å²) in [6, 6.07) is 9.14. The summed E-state index contributed by atoms with van der Waals surface area (Å²) in [6.45, 7) is 1.98. The Kier molecular flexibility index (Phi) is 3.82. The number of rotatable bonds is 3. The molecule has 0 atom stereocenters. The smallest absolute Gasteiger partial charge is 0.135 e. The molecule has 88 valence electrons. The lowest BCUT2D eigenvalue weighted by atomic mass is 10.3. The summed E-state index contributed by atoms with van der Waals surface area (Å²) in [4.78, 5) is 8.42. The van der Waals surface area contributed by atoms with Gasteiger partial charge in [0.25, 0.3) is 0 Å². The first-order valence-corrected chi connectivity index (χ1v) is 5.99. The number of hydrogen-bond donors (Lipinski definition) is 1. The van der Waals surface area contributed by atoms with E-state index in [9.17, 15) is 0 Å². The van der Waals surface area contributed by atoms with Crippen molar-refractivity contribution in [1.29, 1.82) is 0 Å². The highest BCUT2D eigenvalue weighted by molar-refractivity contribution is 6.33. The van der Waals surface area contributed by atoms with Gasteiger partial charge in [-0.3, -0.25) is 0 Å². The molecule has 3 nitrogen and oxygen atoms in total. The maximum Gasteiger partial charge on any atom is 0.135 e. The Morgan fingerprint density at radius 2 is 1.94 bits per heavy atom. The number of benzene rings is 1. The molecule has 0 bridgehead atoms. The van der Waals surface area contributed by atoms with E-state index in [0.717, 1.165) is 12.1 Å². The van der Waals surface area contributed by atoms with Crippen LogP contribution in [-0.2, 0) is 6.42 Å². The molecule has 0 radical (unpaired) electrons. The van der Waals surface area contributed by atoms with Crippen LogP contribution in [0.4, 0.5) is 11.5 Å². The van der Waals surface area contributed by atoms with Gasteiger partial charge in [-0.25, -0.2) is 9.97 Å². The number of anilines is 2. The first-order valence-electron chi connectivity index (χ1n) is 5.24. The zero-order valence-corrected chi connectivity index (χ0v) is 10.8. The Bertz CT molecular complexity index is 529. The second-order valence-corrected chi connectivity index (χ2v) is 4.24. The molecule has 2 aromatic rings. The first-order chi connectivity index (χ1) is 8.19. The number of halogens is 2. The minimum atomic E-state index is 0.423. The van der Waals surface area contributed by atoms with Crippen LogP contribution in [0.25, 0.3) is 0 Å². The molecule has 2 rings (SSSR count). The molecule has 0 aliphatic rings. The van der Waals surface area contributed by atoms with Crippen molar-refractivity contribution in [1.82, 2.24) is 9.97 Å². The third-order valence-corrected chi connectivity index (χ3v) is 2.72. The van der Waals surface area contributed by atoms with Gasteiger partial charge in [-0.15, -0.1) is 0 Å². The van der Waals surface area contributed by atoms with Crippen molar-refractivity contribution in [2.45, 2.75) is 13.3 Å². The van der Waals surface area contributed by atoms with Gasteiger partial charge in [0.05, 0.1) is 10.7 Å². The molecule has 0 spiro atoms. The van der Waals surface area contributed by atoms with Crippen LogP contribution < -0.4 is 5.32 Å². The normalized spacial score (nSPS) is 10.3. The van der Waals surface area contributed by atoms with Gasteiger partial charge in [-0.2, -0.15) is 0 Å². The molecule has 1 heterocycles. The van der Waals surface area contributed by atoms with Gasteiger partial charge in [-0.05, 0) is 12.1 Å². The molecule has 0 aliphatic heterocycles. The van der Waals surface area contributed by atoms with Crippen LogP contribution in [0.1, 0.15) is 12.7 Å². The predicted octanol–water partition coefficient (Wildman–Crippen LogP) is 4.09. The van der Waals surface area contributed by atoms with Crippen LogP contribution in [0.15, 0.2) is 30.3 Å². The Hall–Kier alpha value is -1.32. The van der Waals surface area contributed by atoms with E-state index in [4.69, 9.17) is 23.2 Å². The second-order valence-electron chi connectivity index (χ2n) is 3.45. The van der Waals surface area contributed by atoms with Crippen LogP contribution in [0, 0.1) is 0 Å². The van der Waals surface area contributed by atoms with Crippen LogP contribution in [0.2, 0.25) is 10.2 Å². The summed E-state index contributed by atoms with van der Waals surface area (Å²) < 4.78 is 0. The zero-order chi connectivity index (χ0) is 12.3. The molecule has 5 heteroatoms. The number of aryl methyl sites for hydroxylation is 1. The molecule has 0 unspecified atom stereocenters. The average Bonchev–Trinajstić information content (AvgIpc) is 2.31. The van der Waals surface area contributed by atoms with Crippen molar-refractivity contribution in [2.75, 3.05) is 5.32 Å². The van der Waals surface area contributed by atoms with Crippen molar-refractivity contribution in [2.24, 2.45) is 0 Å². The van der Waals surface area contributed by atoms with E-state index in [1.54, 1.807) is 6.07 Å². The summed E-state index contributed by atoms with van der Waals surface area (Å²) in [5, 5.41) is 4.18. The van der Waals surface area contributed by atoms with E-state index in [-0.39, 0.29) is 0 Å². The SMILES string of the molecule is CCc1nc(Cl)cc(Nc2ccccc2Cl)n1. The minimum absolute atomic E-state index is 0.423. The fourth-order valence-electron chi connectivity index (χ4n) is 1.39. The van der Waals surface area contributed by atoms with E-state index >= 15 is 0 Å². The quantitative estimate of drug-likeness (QED) is 0.852. The highest BCUT2D eigenvalue weighted by Crippen LogP contribution is 2.24. The van der Waals surface area contributed by atoms with Gasteiger partial charge in [0.15, 0.2) is 0 Å². The number of hydrogen-bond acceptors (Lipinski definition) is 3. The van der Waals surface area contributed by atoms with Crippen LogP contribution in [-0.4, -0.2) is 9.97 Å². The highest BCUT2D eigenvalue weighted by atomic mass is 35.5. The standard InChI is InChI=1S/C12H11Cl2N3/c1-2-11-16-10(14)7-12(17-11)15-9-6-4-3-5-8(9)13/h3-7H,2H2,1H3,(H,15,16,17). The van der Waals surface area contributed by atoms with Gasteiger partial charge in [0.1, 0.15) is 16.8 Å². The molecule has 1 aromatic heterocycles. The Labute approximate surface area is 110 Å². The molecule has 1 aromatic carbocycles. The Balaban J connectivity index is 2.30.